The fraction of sp³-hybridized carbons (Fsp3) is 0.267. The highest BCUT2D eigenvalue weighted by Gasteiger charge is 2.41. The van der Waals surface area contributed by atoms with Crippen molar-refractivity contribution < 1.29 is 34.1 Å². The van der Waals surface area contributed by atoms with Crippen LogP contribution < -0.4 is 4.74 Å². The standard InChI is InChI=1S/C30H27N5O7/c1-33-24(10-5-13-34-27(36)19-6-2-3-7-20(19)28(34)37)26-21(8-4-9-22(26)32-33)23-14-17(11-12-31-23)42-18-15-25(29(38)39)35(16-18)30(40)41/h2-4,6-9,11-12,14,18,25H,5,10,13,15-16H2,1H3,(H,38,39)(H,40,41)/t18-,25-/m0/s1. The van der Waals surface area contributed by atoms with Gasteiger partial charge in [-0.1, -0.05) is 24.3 Å². The van der Waals surface area contributed by atoms with Gasteiger partial charge >= 0.3 is 12.1 Å². The van der Waals surface area contributed by atoms with Gasteiger partial charge in [-0.15, -0.1) is 0 Å². The first-order chi connectivity index (χ1) is 20.2. The van der Waals surface area contributed by atoms with Gasteiger partial charge in [0.25, 0.3) is 11.8 Å². The summed E-state index contributed by atoms with van der Waals surface area (Å²) in [5.74, 6) is -1.33. The zero-order valence-electron chi connectivity index (χ0n) is 22.6. The number of carbonyl (C=O) groups is 4. The van der Waals surface area contributed by atoms with Crippen molar-refractivity contribution in [2.24, 2.45) is 7.05 Å². The van der Waals surface area contributed by atoms with Crippen LogP contribution in [0.15, 0.2) is 60.8 Å². The lowest BCUT2D eigenvalue weighted by molar-refractivity contribution is -0.141. The van der Waals surface area contributed by atoms with Crippen LogP contribution in [0.4, 0.5) is 4.79 Å². The molecule has 214 valence electrons. The Bertz CT molecular complexity index is 1690. The van der Waals surface area contributed by atoms with E-state index >= 15 is 0 Å². The molecule has 0 unspecified atom stereocenters. The van der Waals surface area contributed by atoms with Crippen molar-refractivity contribution in [1.29, 1.82) is 0 Å². The van der Waals surface area contributed by atoms with Crippen LogP contribution in [0.3, 0.4) is 0 Å². The lowest BCUT2D eigenvalue weighted by atomic mass is 10.0. The molecule has 0 bridgehead atoms. The van der Waals surface area contributed by atoms with E-state index in [1.165, 1.54) is 4.90 Å². The third-order valence-corrected chi connectivity index (χ3v) is 7.76. The van der Waals surface area contributed by atoms with Crippen LogP contribution in [0.5, 0.6) is 5.75 Å². The van der Waals surface area contributed by atoms with Crippen molar-refractivity contribution in [1.82, 2.24) is 24.6 Å². The molecule has 4 aromatic rings. The summed E-state index contributed by atoms with van der Waals surface area (Å²) in [6, 6.07) is 14.7. The number of benzene rings is 2. The van der Waals surface area contributed by atoms with Crippen molar-refractivity contribution in [2.45, 2.75) is 31.4 Å². The number of aryl methyl sites for hydroxylation is 2. The number of ether oxygens (including phenoxy) is 1. The first kappa shape index (κ1) is 26.9. The van der Waals surface area contributed by atoms with E-state index in [0.717, 1.165) is 27.1 Å². The molecule has 1 saturated heterocycles. The van der Waals surface area contributed by atoms with Gasteiger partial charge in [0, 0.05) is 48.9 Å². The number of amides is 3. The third-order valence-electron chi connectivity index (χ3n) is 7.76. The van der Waals surface area contributed by atoms with E-state index in [2.05, 4.69) is 10.1 Å². The average molecular weight is 570 g/mol. The molecule has 4 heterocycles. The minimum atomic E-state index is -1.30. The highest BCUT2D eigenvalue weighted by atomic mass is 16.5. The maximum absolute atomic E-state index is 12.8. The molecular weight excluding hydrogens is 542 g/mol. The number of nitrogens with zero attached hydrogens (tertiary/aromatic N) is 5. The summed E-state index contributed by atoms with van der Waals surface area (Å²) in [6.45, 7) is 0.217. The summed E-state index contributed by atoms with van der Waals surface area (Å²) in [6.07, 6.45) is 0.788. The Morgan fingerprint density at radius 2 is 1.71 bits per heavy atom. The van der Waals surface area contributed by atoms with Gasteiger partial charge in [-0.25, -0.2) is 9.59 Å². The Hall–Kier alpha value is -5.26. The molecule has 2 N–H and O–H groups in total. The Kier molecular flexibility index (Phi) is 6.81. The van der Waals surface area contributed by atoms with Gasteiger partial charge < -0.3 is 14.9 Å². The van der Waals surface area contributed by atoms with Crippen LogP contribution in [0.25, 0.3) is 22.2 Å². The molecule has 2 atom stereocenters. The first-order valence-corrected chi connectivity index (χ1v) is 13.5. The number of pyridine rings is 1. The molecule has 0 spiro atoms. The largest absolute Gasteiger partial charge is 0.488 e. The zero-order chi connectivity index (χ0) is 29.5. The molecule has 12 heteroatoms. The van der Waals surface area contributed by atoms with E-state index in [9.17, 15) is 29.4 Å². The van der Waals surface area contributed by atoms with E-state index in [0.29, 0.717) is 35.4 Å². The Morgan fingerprint density at radius 3 is 2.38 bits per heavy atom. The summed E-state index contributed by atoms with van der Waals surface area (Å²) in [5, 5.41) is 24.3. The Balaban J connectivity index is 1.22. The minimum Gasteiger partial charge on any atom is -0.488 e. The molecule has 2 aromatic carbocycles. The molecule has 42 heavy (non-hydrogen) atoms. The smallest absolute Gasteiger partial charge is 0.408 e. The van der Waals surface area contributed by atoms with Crippen LogP contribution in [0, 0.1) is 0 Å². The molecule has 12 nitrogen and oxygen atoms in total. The Labute approximate surface area is 239 Å². The monoisotopic (exact) mass is 569 g/mol. The Morgan fingerprint density at radius 1 is 1.00 bits per heavy atom. The number of hydrogen-bond acceptors (Lipinski definition) is 7. The molecular formula is C30H27N5O7. The second-order valence-corrected chi connectivity index (χ2v) is 10.3. The number of fused-ring (bicyclic) bond motifs is 2. The van der Waals surface area contributed by atoms with Gasteiger partial charge in [0.15, 0.2) is 0 Å². The number of aliphatic carboxylic acids is 1. The summed E-state index contributed by atoms with van der Waals surface area (Å²) in [5.41, 5.74) is 3.95. The average Bonchev–Trinajstić information content (AvgIpc) is 3.62. The van der Waals surface area contributed by atoms with Gasteiger partial charge in [-0.2, -0.15) is 5.10 Å². The minimum absolute atomic E-state index is 0.0364. The van der Waals surface area contributed by atoms with E-state index in [4.69, 9.17) is 4.74 Å². The second kappa shape index (κ2) is 10.6. The molecule has 2 aliphatic heterocycles. The molecule has 6 rings (SSSR count). The van der Waals surface area contributed by atoms with Crippen molar-refractivity contribution in [3.8, 4) is 17.0 Å². The van der Waals surface area contributed by atoms with E-state index < -0.39 is 24.2 Å². The maximum atomic E-state index is 12.8. The van der Waals surface area contributed by atoms with Crippen LogP contribution in [-0.2, 0) is 18.3 Å². The SMILES string of the molecule is Cn1nc2cccc(-c3cc(O[C@H]4C[C@@H](C(=O)O)N(C(=O)O)C4)ccn3)c2c1CCCN1C(=O)c2ccccc2C1=O. The van der Waals surface area contributed by atoms with Crippen molar-refractivity contribution in [2.75, 3.05) is 13.1 Å². The number of carbonyl (C=O) groups excluding carboxylic acids is 2. The second-order valence-electron chi connectivity index (χ2n) is 10.3. The molecule has 2 aliphatic rings. The van der Waals surface area contributed by atoms with Gasteiger partial charge in [0.1, 0.15) is 17.9 Å². The zero-order valence-corrected chi connectivity index (χ0v) is 22.6. The van der Waals surface area contributed by atoms with Crippen molar-refractivity contribution in [3.63, 3.8) is 0 Å². The van der Waals surface area contributed by atoms with Gasteiger partial charge in [-0.05, 0) is 37.1 Å². The number of aromatic nitrogens is 3. The fourth-order valence-electron chi connectivity index (χ4n) is 5.81. The highest BCUT2D eigenvalue weighted by Crippen LogP contribution is 2.33. The predicted molar refractivity (Wildman–Crippen MR) is 149 cm³/mol. The fourth-order valence-corrected chi connectivity index (χ4v) is 5.81. The van der Waals surface area contributed by atoms with Gasteiger partial charge in [0.05, 0.1) is 28.9 Å². The molecule has 1 fully saturated rings. The van der Waals surface area contributed by atoms with Crippen LogP contribution in [0.2, 0.25) is 0 Å². The normalized spacial score (nSPS) is 18.1. The van der Waals surface area contributed by atoms with E-state index in [1.54, 1.807) is 47.3 Å². The molecule has 0 radical (unpaired) electrons. The summed E-state index contributed by atoms with van der Waals surface area (Å²) in [4.78, 5) is 55.3. The molecule has 0 saturated carbocycles. The molecule has 2 aromatic heterocycles. The first-order valence-electron chi connectivity index (χ1n) is 13.5. The van der Waals surface area contributed by atoms with Crippen LogP contribution in [-0.4, -0.2) is 83.9 Å². The number of hydrogen-bond donors (Lipinski definition) is 2. The summed E-state index contributed by atoms with van der Waals surface area (Å²) in [7, 11) is 1.85. The maximum Gasteiger partial charge on any atom is 0.408 e. The third kappa shape index (κ3) is 4.70. The van der Waals surface area contributed by atoms with Crippen molar-refractivity contribution >= 4 is 34.8 Å². The number of carboxylic acids is 1. The van der Waals surface area contributed by atoms with E-state index in [1.807, 2.05) is 25.2 Å². The quantitative estimate of drug-likeness (QED) is 0.304. The lowest BCUT2D eigenvalue weighted by Gasteiger charge is -2.16. The molecule has 3 amide bonds. The van der Waals surface area contributed by atoms with Gasteiger partial charge in [0.2, 0.25) is 0 Å². The summed E-state index contributed by atoms with van der Waals surface area (Å²) >= 11 is 0. The lowest BCUT2D eigenvalue weighted by Crippen LogP contribution is -2.39. The van der Waals surface area contributed by atoms with E-state index in [-0.39, 0.29) is 31.3 Å². The van der Waals surface area contributed by atoms with Gasteiger partial charge in [-0.3, -0.25) is 29.1 Å². The van der Waals surface area contributed by atoms with Crippen molar-refractivity contribution in [3.05, 3.63) is 77.6 Å². The van der Waals surface area contributed by atoms with Crippen LogP contribution in [0.1, 0.15) is 39.3 Å². The number of imide groups is 1. The predicted octanol–water partition coefficient (Wildman–Crippen LogP) is 3.45. The van der Waals surface area contributed by atoms with Crippen LogP contribution >= 0.6 is 0 Å². The molecule has 0 aliphatic carbocycles. The highest BCUT2D eigenvalue weighted by molar-refractivity contribution is 6.21. The number of carboxylic acid groups (broad SMARTS) is 2. The number of likely N-dealkylation sites (tertiary alicyclic amines) is 1. The summed E-state index contributed by atoms with van der Waals surface area (Å²) < 4.78 is 7.81. The topological polar surface area (TPSA) is 155 Å². The number of rotatable bonds is 8.